The Morgan fingerprint density at radius 1 is 1.16 bits per heavy atom. The number of hydrogen-bond acceptors (Lipinski definition) is 1. The molecule has 5 heteroatoms. The van der Waals surface area contributed by atoms with Gasteiger partial charge in [-0.15, -0.1) is 0 Å². The molecule has 130 valence electrons. The molecule has 1 atom stereocenters. The van der Waals surface area contributed by atoms with E-state index in [1.807, 2.05) is 0 Å². The molecule has 0 saturated carbocycles. The maximum absolute atomic E-state index is 3.96. The second-order valence-corrected chi connectivity index (χ2v) is 11.0. The van der Waals surface area contributed by atoms with E-state index < -0.39 is 23.2 Å². The Morgan fingerprint density at radius 2 is 1.88 bits per heavy atom. The number of halogens is 3. The van der Waals surface area contributed by atoms with E-state index in [0.29, 0.717) is 5.92 Å². The van der Waals surface area contributed by atoms with Crippen LogP contribution in [0.15, 0.2) is 75.1 Å². The van der Waals surface area contributed by atoms with Crippen molar-refractivity contribution in [3.8, 4) is 0 Å². The summed E-state index contributed by atoms with van der Waals surface area (Å²) in [4.78, 5) is 2.45. The van der Waals surface area contributed by atoms with Crippen molar-refractivity contribution in [1.29, 1.82) is 0 Å². The van der Waals surface area contributed by atoms with Crippen molar-refractivity contribution in [3.05, 3.63) is 75.1 Å². The van der Waals surface area contributed by atoms with Crippen molar-refractivity contribution in [2.45, 2.75) is 27.2 Å². The van der Waals surface area contributed by atoms with Gasteiger partial charge in [-0.2, -0.15) is 0 Å². The van der Waals surface area contributed by atoms with Gasteiger partial charge in [0.2, 0.25) is 0 Å². The van der Waals surface area contributed by atoms with Gasteiger partial charge >= 0.3 is 159 Å². The zero-order valence-electron chi connectivity index (χ0n) is 14.8. The molecule has 25 heavy (non-hydrogen) atoms. The van der Waals surface area contributed by atoms with E-state index in [1.54, 1.807) is 12.3 Å². The molecule has 1 aliphatic heterocycles. The van der Waals surface area contributed by atoms with E-state index in [0.717, 1.165) is 0 Å². The van der Waals surface area contributed by atoms with Crippen LogP contribution in [0.4, 0.5) is 0 Å². The summed E-state index contributed by atoms with van der Waals surface area (Å²) in [5.41, 5.74) is 8.76. The molecule has 0 fully saturated rings. The fraction of sp³-hybridized carbons (Fsp3) is 0.300. The first-order valence-electron chi connectivity index (χ1n) is 8.07. The maximum Gasteiger partial charge on any atom is -1.00 e. The van der Waals surface area contributed by atoms with Crippen LogP contribution in [0.5, 0.6) is 0 Å². The summed E-state index contributed by atoms with van der Waals surface area (Å²) in [6.45, 7) is 6.77. The average molecular weight is 516 g/mol. The standard InChI is InChI=1S/C15H15BrN.C5H5.2ClH.Zr/c1-8-5-11-7-13-14(15(16)12(11)6-8)9(2)10(3)17(13)4;1-2-4-5-3-1;;;/h5-6,14H,1-4H3;1-3H,4H2;2*1H;/q;;;;+2/p-2. The summed E-state index contributed by atoms with van der Waals surface area (Å²) in [6.07, 6.45) is 12.8. The van der Waals surface area contributed by atoms with Crippen molar-refractivity contribution in [1.82, 2.24) is 4.90 Å². The molecule has 4 rings (SSSR count). The summed E-state index contributed by atoms with van der Waals surface area (Å²) in [7, 11) is 2.25. The Hall–Kier alpha value is -0.0769. The molecule has 0 bridgehead atoms. The summed E-state index contributed by atoms with van der Waals surface area (Å²) < 4.78 is 4.73. The first-order valence-corrected chi connectivity index (χ1v) is 11.3. The van der Waals surface area contributed by atoms with Crippen molar-refractivity contribution < 1.29 is 48.0 Å². The molecule has 0 amide bonds. The van der Waals surface area contributed by atoms with Crippen molar-refractivity contribution >= 4 is 15.9 Å². The van der Waals surface area contributed by atoms with Gasteiger partial charge in [0, 0.05) is 0 Å². The van der Waals surface area contributed by atoms with Crippen LogP contribution >= 0.6 is 15.9 Å². The topological polar surface area (TPSA) is 3.24 Å². The first-order chi connectivity index (χ1) is 11.0. The minimum Gasteiger partial charge on any atom is -1.00 e. The molecular formula is C20H20BrCl2NZr. The molecular weight excluding hydrogens is 496 g/mol. The molecule has 1 unspecified atom stereocenters. The Kier molecular flexibility index (Phi) is 6.70. The van der Waals surface area contributed by atoms with Crippen molar-refractivity contribution in [2.24, 2.45) is 5.92 Å². The molecule has 0 aromatic heterocycles. The summed E-state index contributed by atoms with van der Waals surface area (Å²) in [6, 6.07) is 0. The molecule has 3 aliphatic carbocycles. The maximum atomic E-state index is 3.96. The van der Waals surface area contributed by atoms with Crippen LogP contribution < -0.4 is 24.8 Å². The summed E-state index contributed by atoms with van der Waals surface area (Å²) in [5.74, 6) is 0.431. The zero-order valence-corrected chi connectivity index (χ0v) is 20.3. The van der Waals surface area contributed by atoms with Gasteiger partial charge in [-0.05, 0) is 0 Å². The minimum atomic E-state index is -0.760. The monoisotopic (exact) mass is 513 g/mol. The Morgan fingerprint density at radius 3 is 2.52 bits per heavy atom. The molecule has 4 aliphatic rings. The predicted molar refractivity (Wildman–Crippen MR) is 96.3 cm³/mol. The number of nitrogens with zero attached hydrogens (tertiary/aromatic N) is 1. The van der Waals surface area contributed by atoms with Gasteiger partial charge in [0.25, 0.3) is 0 Å². The molecule has 0 aromatic rings. The molecule has 1 nitrogen and oxygen atoms in total. The molecule has 0 radical (unpaired) electrons. The number of hydrogen-bond donors (Lipinski definition) is 0. The van der Waals surface area contributed by atoms with Gasteiger partial charge in [-0.3, -0.25) is 0 Å². The van der Waals surface area contributed by atoms with Gasteiger partial charge in [-0.25, -0.2) is 0 Å². The van der Waals surface area contributed by atoms with Crippen LogP contribution in [-0.2, 0) is 23.2 Å². The van der Waals surface area contributed by atoms with Crippen LogP contribution in [0.1, 0.15) is 27.2 Å². The Bertz CT molecular complexity index is 840. The minimum absolute atomic E-state index is 0. The van der Waals surface area contributed by atoms with Crippen molar-refractivity contribution in [2.75, 3.05) is 7.05 Å². The Labute approximate surface area is 182 Å². The molecule has 0 N–H and O–H groups in total. The second-order valence-electron chi connectivity index (χ2n) is 6.68. The number of fused-ring (bicyclic) bond motifs is 2. The smallest absolute Gasteiger partial charge is 1.00 e. The molecule has 0 aromatic carbocycles. The Balaban J connectivity index is 0.00000113. The largest absolute Gasteiger partial charge is 1.00 e. The SMILES string of the molecule is CC1=CC2=C(Br)C3C(C)=C(C)N(C)C3=[C]([Zr+2][C]3=CC=CC3)C2=C1.[Cl-].[Cl-]. The van der Waals surface area contributed by atoms with E-state index >= 15 is 0 Å². The summed E-state index contributed by atoms with van der Waals surface area (Å²) in [5, 5.41) is 0. The van der Waals surface area contributed by atoms with E-state index in [4.69, 9.17) is 0 Å². The predicted octanol–water partition coefficient (Wildman–Crippen LogP) is -0.463. The third-order valence-corrected chi connectivity index (χ3v) is 9.76. The fourth-order valence-corrected chi connectivity index (χ4v) is 8.44. The van der Waals surface area contributed by atoms with E-state index in [1.165, 1.54) is 38.9 Å². The van der Waals surface area contributed by atoms with Gasteiger partial charge in [0.15, 0.2) is 0 Å². The molecule has 0 spiro atoms. The molecule has 0 saturated heterocycles. The van der Waals surface area contributed by atoms with Crippen LogP contribution in [0.3, 0.4) is 0 Å². The van der Waals surface area contributed by atoms with Crippen LogP contribution in [-0.4, -0.2) is 11.9 Å². The fourth-order valence-electron chi connectivity index (χ4n) is 3.86. The van der Waals surface area contributed by atoms with Gasteiger partial charge in [-0.1, -0.05) is 0 Å². The average Bonchev–Trinajstić information content (AvgIpc) is 3.20. The van der Waals surface area contributed by atoms with Gasteiger partial charge in [0.1, 0.15) is 0 Å². The zero-order chi connectivity index (χ0) is 16.3. The van der Waals surface area contributed by atoms with Crippen LogP contribution in [0, 0.1) is 5.92 Å². The number of allylic oxidation sites excluding steroid dienone is 12. The molecule has 1 heterocycles. The van der Waals surface area contributed by atoms with Crippen LogP contribution in [0.2, 0.25) is 0 Å². The van der Waals surface area contributed by atoms with Crippen molar-refractivity contribution in [3.63, 3.8) is 0 Å². The van der Waals surface area contributed by atoms with Gasteiger partial charge in [0.05, 0.1) is 0 Å². The van der Waals surface area contributed by atoms with Gasteiger partial charge < -0.3 is 24.8 Å². The van der Waals surface area contributed by atoms with E-state index in [-0.39, 0.29) is 24.8 Å². The van der Waals surface area contributed by atoms with E-state index in [2.05, 4.69) is 79.0 Å². The van der Waals surface area contributed by atoms with E-state index in [9.17, 15) is 0 Å². The quantitative estimate of drug-likeness (QED) is 0.481. The normalized spacial score (nSPS) is 23.6. The van der Waals surface area contributed by atoms with Crippen LogP contribution in [0.25, 0.3) is 0 Å². The first kappa shape index (κ1) is 21.2. The second kappa shape index (κ2) is 7.89. The number of rotatable bonds is 2. The third-order valence-electron chi connectivity index (χ3n) is 5.27. The summed E-state index contributed by atoms with van der Waals surface area (Å²) >= 11 is 3.20. The third kappa shape index (κ3) is 3.31.